The molecule has 0 nitrogen and oxygen atoms in total. The van der Waals surface area contributed by atoms with Crippen molar-refractivity contribution in [3.05, 3.63) is 0 Å². The lowest BCUT2D eigenvalue weighted by molar-refractivity contribution is 0.476. The fourth-order valence-electron chi connectivity index (χ4n) is 11.2. The van der Waals surface area contributed by atoms with E-state index in [0.29, 0.717) is 0 Å². The molecule has 0 saturated heterocycles. The van der Waals surface area contributed by atoms with Gasteiger partial charge in [-0.05, 0) is 133 Å². The van der Waals surface area contributed by atoms with Gasteiger partial charge in [-0.3, -0.25) is 0 Å². The lowest BCUT2D eigenvalue weighted by Gasteiger charge is -2.50. The van der Waals surface area contributed by atoms with Crippen molar-refractivity contribution < 1.29 is 0 Å². The first kappa shape index (κ1) is 40.5. The molecule has 46 heavy (non-hydrogen) atoms. The first-order chi connectivity index (χ1) is 22.2. The van der Waals surface area contributed by atoms with Gasteiger partial charge in [0.1, 0.15) is 0 Å². The average molecular weight is 711 g/mol. The Balaban J connectivity index is 1.74. The highest BCUT2D eigenvalue weighted by Gasteiger charge is 2.44. The molecule has 2 unspecified atom stereocenters. The van der Waals surface area contributed by atoms with Gasteiger partial charge in [0.05, 0.1) is 0 Å². The van der Waals surface area contributed by atoms with Crippen LogP contribution in [0, 0.1) is 0 Å². The summed E-state index contributed by atoms with van der Waals surface area (Å²) >= 11 is 0. The Morgan fingerprint density at radius 1 is 0.391 bits per heavy atom. The minimum absolute atomic E-state index is 0.0488. The number of rotatable bonds is 17. The van der Waals surface area contributed by atoms with Crippen molar-refractivity contribution in [2.45, 2.75) is 253 Å². The Morgan fingerprint density at radius 3 is 1.09 bits per heavy atom. The van der Waals surface area contributed by atoms with Crippen molar-refractivity contribution >= 4 is 31.7 Å². The van der Waals surface area contributed by atoms with Crippen LogP contribution in [0.15, 0.2) is 0 Å². The van der Waals surface area contributed by atoms with E-state index in [1.165, 1.54) is 25.7 Å². The summed E-state index contributed by atoms with van der Waals surface area (Å²) < 4.78 is 0. The second-order valence-electron chi connectivity index (χ2n) is 17.6. The molecule has 0 N–H and O–H groups in total. The Kier molecular flexibility index (Phi) is 18.7. The Morgan fingerprint density at radius 2 is 0.739 bits per heavy atom. The molecule has 0 aromatic rings. The molecule has 0 heterocycles. The third kappa shape index (κ3) is 11.9. The summed E-state index contributed by atoms with van der Waals surface area (Å²) in [5.41, 5.74) is 10.2. The van der Waals surface area contributed by atoms with Crippen LogP contribution < -0.4 is 0 Å². The van der Waals surface area contributed by atoms with E-state index in [4.69, 9.17) is 0 Å². The van der Waals surface area contributed by atoms with Gasteiger partial charge in [-0.2, -0.15) is 0 Å². The quantitative estimate of drug-likeness (QED) is 0.132. The standard InChI is InChI=1S/C42H82P4/c1-33(2)43(34(3)4)31-29-41(45(35(5)6)36(7)8)42(46(39-25-17-11-18-26-39)40-27-19-12-20-28-40)30-32-44(37-21-13-9-14-22-37)38-23-15-10-16-24-38/h33-42H,9-32H2,1-8H3. The zero-order valence-electron chi connectivity index (χ0n) is 32.5. The van der Waals surface area contributed by atoms with E-state index in [-0.39, 0.29) is 31.7 Å². The van der Waals surface area contributed by atoms with Gasteiger partial charge >= 0.3 is 0 Å². The molecular weight excluding hydrogens is 628 g/mol. The Hall–Kier alpha value is 1.72. The highest BCUT2D eigenvalue weighted by molar-refractivity contribution is 7.64. The first-order valence-electron chi connectivity index (χ1n) is 21.2. The smallest absolute Gasteiger partial charge is 0.0133 e. The molecule has 0 aliphatic heterocycles. The summed E-state index contributed by atoms with van der Waals surface area (Å²) in [4.78, 5) is 0. The highest BCUT2D eigenvalue weighted by atomic mass is 31.1. The van der Waals surface area contributed by atoms with Crippen molar-refractivity contribution in [1.82, 2.24) is 0 Å². The Labute approximate surface area is 296 Å². The normalized spacial score (nSPS) is 23.7. The van der Waals surface area contributed by atoms with Crippen LogP contribution >= 0.6 is 31.7 Å². The molecule has 4 saturated carbocycles. The van der Waals surface area contributed by atoms with Crippen molar-refractivity contribution in [2.75, 3.05) is 12.3 Å². The summed E-state index contributed by atoms with van der Waals surface area (Å²) in [5.74, 6) is 0. The molecule has 0 bridgehead atoms. The second-order valence-corrected chi connectivity index (χ2v) is 30.7. The fourth-order valence-corrected chi connectivity index (χ4v) is 27.6. The number of hydrogen-bond donors (Lipinski definition) is 0. The summed E-state index contributed by atoms with van der Waals surface area (Å²) in [6.07, 6.45) is 37.9. The summed E-state index contributed by atoms with van der Waals surface area (Å²) in [7, 11) is 0.521. The van der Waals surface area contributed by atoms with Gasteiger partial charge in [0.25, 0.3) is 0 Å². The summed E-state index contributed by atoms with van der Waals surface area (Å²) in [5, 5.41) is 0. The van der Waals surface area contributed by atoms with E-state index >= 15 is 0 Å². The molecule has 0 spiro atoms. The third-order valence-electron chi connectivity index (χ3n) is 13.2. The molecule has 4 aliphatic carbocycles. The molecular formula is C42H82P4. The van der Waals surface area contributed by atoms with E-state index < -0.39 is 0 Å². The zero-order valence-corrected chi connectivity index (χ0v) is 36.1. The van der Waals surface area contributed by atoms with Gasteiger partial charge in [-0.1, -0.05) is 148 Å². The lowest BCUT2D eigenvalue weighted by Crippen LogP contribution is -2.37. The zero-order chi connectivity index (χ0) is 33.1. The molecule has 0 amide bonds. The van der Waals surface area contributed by atoms with Gasteiger partial charge < -0.3 is 0 Å². The van der Waals surface area contributed by atoms with Crippen LogP contribution in [0.5, 0.6) is 0 Å². The van der Waals surface area contributed by atoms with Crippen molar-refractivity contribution in [3.63, 3.8) is 0 Å². The van der Waals surface area contributed by atoms with Gasteiger partial charge in [0.15, 0.2) is 0 Å². The molecule has 4 aliphatic rings. The summed E-state index contributed by atoms with van der Waals surface area (Å²) in [6.45, 7) is 21.0. The van der Waals surface area contributed by atoms with Gasteiger partial charge in [0.2, 0.25) is 0 Å². The third-order valence-corrected chi connectivity index (χ3v) is 28.4. The van der Waals surface area contributed by atoms with E-state index in [2.05, 4.69) is 55.4 Å². The molecule has 4 heteroatoms. The molecule has 0 aromatic carbocycles. The summed E-state index contributed by atoms with van der Waals surface area (Å²) in [6, 6.07) is 0. The molecule has 0 aromatic heterocycles. The maximum Gasteiger partial charge on any atom is -0.0133 e. The van der Waals surface area contributed by atoms with Crippen LogP contribution in [0.3, 0.4) is 0 Å². The van der Waals surface area contributed by atoms with E-state index in [9.17, 15) is 0 Å². The maximum atomic E-state index is 2.67. The molecule has 0 radical (unpaired) electrons. The maximum absolute atomic E-state index is 2.67. The minimum Gasteiger partial charge on any atom is -0.101 e. The predicted octanol–water partition coefficient (Wildman–Crippen LogP) is 15.4. The van der Waals surface area contributed by atoms with Crippen LogP contribution in [0.2, 0.25) is 0 Å². The second kappa shape index (κ2) is 21.3. The van der Waals surface area contributed by atoms with Gasteiger partial charge in [0, 0.05) is 0 Å². The van der Waals surface area contributed by atoms with E-state index in [1.807, 2.05) is 0 Å². The van der Waals surface area contributed by atoms with Crippen LogP contribution in [-0.2, 0) is 0 Å². The van der Waals surface area contributed by atoms with Crippen LogP contribution in [0.25, 0.3) is 0 Å². The van der Waals surface area contributed by atoms with Crippen LogP contribution in [0.4, 0.5) is 0 Å². The van der Waals surface area contributed by atoms with Gasteiger partial charge in [-0.25, -0.2) is 0 Å². The molecule has 2 atom stereocenters. The largest absolute Gasteiger partial charge is 0.101 e. The predicted molar refractivity (Wildman–Crippen MR) is 222 cm³/mol. The monoisotopic (exact) mass is 711 g/mol. The van der Waals surface area contributed by atoms with E-state index in [0.717, 1.165) is 56.6 Å². The van der Waals surface area contributed by atoms with Gasteiger partial charge in [-0.15, -0.1) is 15.8 Å². The van der Waals surface area contributed by atoms with E-state index in [1.54, 1.807) is 128 Å². The van der Waals surface area contributed by atoms with Crippen molar-refractivity contribution in [1.29, 1.82) is 0 Å². The molecule has 4 rings (SSSR count). The topological polar surface area (TPSA) is 0 Å². The number of hydrogen-bond acceptors (Lipinski definition) is 0. The highest BCUT2D eigenvalue weighted by Crippen LogP contribution is 2.68. The van der Waals surface area contributed by atoms with Crippen molar-refractivity contribution in [3.8, 4) is 0 Å². The SMILES string of the molecule is CC(C)P(CCC(C(CCP(C1CCCCC1)C1CCCCC1)P(C1CCCCC1)C1CCCCC1)P(C(C)C)C(C)C)C(C)C. The minimum atomic E-state index is 0.0488. The average Bonchev–Trinajstić information content (AvgIpc) is 3.05. The Bertz CT molecular complexity index is 733. The van der Waals surface area contributed by atoms with Crippen LogP contribution in [-0.4, -0.2) is 68.9 Å². The molecule has 4 fully saturated rings. The lowest BCUT2D eigenvalue weighted by atomic mass is 9.99. The van der Waals surface area contributed by atoms with Crippen molar-refractivity contribution in [2.24, 2.45) is 0 Å². The fraction of sp³-hybridized carbons (Fsp3) is 1.00. The first-order valence-corrected chi connectivity index (χ1v) is 27.7. The molecule has 270 valence electrons. The van der Waals surface area contributed by atoms with Crippen LogP contribution in [0.1, 0.15) is 197 Å².